The molecule has 2 nitrogen and oxygen atoms in total. The minimum atomic E-state index is 0.387. The Hall–Kier alpha value is -0.0800. The van der Waals surface area contributed by atoms with E-state index >= 15 is 0 Å². The van der Waals surface area contributed by atoms with Gasteiger partial charge in [0.15, 0.2) is 0 Å². The van der Waals surface area contributed by atoms with Crippen LogP contribution in [0, 0.1) is 23.7 Å². The van der Waals surface area contributed by atoms with Gasteiger partial charge in [-0.3, -0.25) is 0 Å². The van der Waals surface area contributed by atoms with Crippen molar-refractivity contribution in [3.8, 4) is 0 Å². The van der Waals surface area contributed by atoms with Gasteiger partial charge in [0.25, 0.3) is 0 Å². The first-order chi connectivity index (χ1) is 8.22. The summed E-state index contributed by atoms with van der Waals surface area (Å²) in [5.74, 6) is 3.96. The largest absolute Gasteiger partial charge is 0.328 e. The van der Waals surface area contributed by atoms with Gasteiger partial charge in [0.05, 0.1) is 0 Å². The number of rotatable bonds is 3. The van der Waals surface area contributed by atoms with Gasteiger partial charge < -0.3 is 10.6 Å². The highest BCUT2D eigenvalue weighted by molar-refractivity contribution is 4.92. The number of piperidine rings is 1. The van der Waals surface area contributed by atoms with Crippen molar-refractivity contribution in [3.63, 3.8) is 0 Å². The molecule has 2 heteroatoms. The van der Waals surface area contributed by atoms with Crippen molar-refractivity contribution in [2.45, 2.75) is 51.5 Å². The number of nitrogens with zero attached hydrogens (tertiary/aromatic N) is 1. The number of hydrogen-bond donors (Lipinski definition) is 1. The van der Waals surface area contributed by atoms with Gasteiger partial charge in [0, 0.05) is 19.1 Å². The van der Waals surface area contributed by atoms with Crippen LogP contribution in [0.25, 0.3) is 0 Å². The highest BCUT2D eigenvalue weighted by Crippen LogP contribution is 2.48. The van der Waals surface area contributed by atoms with Gasteiger partial charge in [-0.05, 0) is 69.2 Å². The van der Waals surface area contributed by atoms with E-state index in [4.69, 9.17) is 5.73 Å². The quantitative estimate of drug-likeness (QED) is 0.815. The van der Waals surface area contributed by atoms with Crippen molar-refractivity contribution in [2.24, 2.45) is 29.4 Å². The fourth-order valence-electron chi connectivity index (χ4n) is 4.62. The van der Waals surface area contributed by atoms with Gasteiger partial charge in [-0.1, -0.05) is 6.42 Å². The molecule has 0 aromatic rings. The predicted octanol–water partition coefficient (Wildman–Crippen LogP) is 2.48. The minimum Gasteiger partial charge on any atom is -0.328 e. The summed E-state index contributed by atoms with van der Waals surface area (Å²) >= 11 is 0. The van der Waals surface area contributed by atoms with Crippen molar-refractivity contribution in [1.29, 1.82) is 0 Å². The Bertz CT molecular complexity index is 264. The molecule has 5 unspecified atom stereocenters. The standard InChI is InChI=1S/C15H28N2/c1-11(16)14-3-2-6-17(9-14)10-15-8-12-4-5-13(15)7-12/h11-15H,2-10,16H2,1H3. The molecule has 3 aliphatic rings. The summed E-state index contributed by atoms with van der Waals surface area (Å²) < 4.78 is 0. The molecule has 0 aromatic carbocycles. The lowest BCUT2D eigenvalue weighted by atomic mass is 9.86. The molecule has 2 saturated carbocycles. The van der Waals surface area contributed by atoms with Crippen LogP contribution in [0.1, 0.15) is 45.4 Å². The first-order valence-electron chi connectivity index (χ1n) is 7.70. The van der Waals surface area contributed by atoms with Crippen molar-refractivity contribution in [2.75, 3.05) is 19.6 Å². The fourth-order valence-corrected chi connectivity index (χ4v) is 4.62. The molecule has 0 aromatic heterocycles. The van der Waals surface area contributed by atoms with E-state index in [1.54, 1.807) is 6.42 Å². The van der Waals surface area contributed by atoms with E-state index in [1.165, 1.54) is 51.7 Å². The fraction of sp³-hybridized carbons (Fsp3) is 1.00. The maximum absolute atomic E-state index is 6.07. The Morgan fingerprint density at radius 2 is 2.12 bits per heavy atom. The Balaban J connectivity index is 1.51. The number of nitrogens with two attached hydrogens (primary N) is 1. The second kappa shape index (κ2) is 4.89. The normalized spacial score (nSPS) is 44.1. The van der Waals surface area contributed by atoms with Crippen LogP contribution >= 0.6 is 0 Å². The summed E-state index contributed by atoms with van der Waals surface area (Å²) in [4.78, 5) is 2.73. The van der Waals surface area contributed by atoms with Crippen molar-refractivity contribution < 1.29 is 0 Å². The average Bonchev–Trinajstić information content (AvgIpc) is 2.91. The van der Waals surface area contributed by atoms with Crippen LogP contribution in [-0.4, -0.2) is 30.6 Å². The molecule has 1 heterocycles. The van der Waals surface area contributed by atoms with Crippen LogP contribution in [0.3, 0.4) is 0 Å². The lowest BCUT2D eigenvalue weighted by molar-refractivity contribution is 0.123. The summed E-state index contributed by atoms with van der Waals surface area (Å²) in [6.07, 6.45) is 8.86. The SMILES string of the molecule is CC(N)C1CCCN(CC2CC3CCC2C3)C1. The van der Waals surface area contributed by atoms with Crippen LogP contribution in [0.4, 0.5) is 0 Å². The number of hydrogen-bond acceptors (Lipinski definition) is 2. The molecule has 2 N–H and O–H groups in total. The Labute approximate surface area is 106 Å². The second-order valence-electron chi connectivity index (χ2n) is 6.96. The van der Waals surface area contributed by atoms with Gasteiger partial charge in [-0.15, -0.1) is 0 Å². The third kappa shape index (κ3) is 2.53. The van der Waals surface area contributed by atoms with Crippen LogP contribution < -0.4 is 5.73 Å². The summed E-state index contributed by atoms with van der Waals surface area (Å²) in [7, 11) is 0. The zero-order chi connectivity index (χ0) is 11.8. The molecule has 2 aliphatic carbocycles. The topological polar surface area (TPSA) is 29.3 Å². The third-order valence-electron chi connectivity index (χ3n) is 5.66. The average molecular weight is 236 g/mol. The van der Waals surface area contributed by atoms with Crippen LogP contribution in [0.2, 0.25) is 0 Å². The van der Waals surface area contributed by atoms with Crippen molar-refractivity contribution in [1.82, 2.24) is 4.90 Å². The van der Waals surface area contributed by atoms with E-state index in [0.717, 1.165) is 23.7 Å². The molecule has 0 radical (unpaired) electrons. The first-order valence-corrected chi connectivity index (χ1v) is 7.70. The van der Waals surface area contributed by atoms with E-state index < -0.39 is 0 Å². The lowest BCUT2D eigenvalue weighted by Crippen LogP contribution is -2.44. The Kier molecular flexibility index (Phi) is 3.45. The molecular weight excluding hydrogens is 208 g/mol. The molecule has 1 aliphatic heterocycles. The van der Waals surface area contributed by atoms with E-state index in [0.29, 0.717) is 6.04 Å². The molecule has 0 spiro atoms. The monoisotopic (exact) mass is 236 g/mol. The highest BCUT2D eigenvalue weighted by atomic mass is 15.1. The number of likely N-dealkylation sites (tertiary alicyclic amines) is 1. The molecule has 2 bridgehead atoms. The first kappa shape index (κ1) is 12.0. The molecule has 3 rings (SSSR count). The molecule has 5 atom stereocenters. The maximum Gasteiger partial charge on any atom is 0.00509 e. The molecule has 98 valence electrons. The van der Waals surface area contributed by atoms with Crippen molar-refractivity contribution >= 4 is 0 Å². The predicted molar refractivity (Wildman–Crippen MR) is 71.8 cm³/mol. The molecule has 17 heavy (non-hydrogen) atoms. The van der Waals surface area contributed by atoms with E-state index in [-0.39, 0.29) is 0 Å². The zero-order valence-electron chi connectivity index (χ0n) is 11.3. The summed E-state index contributed by atoms with van der Waals surface area (Å²) in [6.45, 7) is 6.17. The summed E-state index contributed by atoms with van der Waals surface area (Å²) in [6, 6.07) is 0.387. The Morgan fingerprint density at radius 3 is 2.76 bits per heavy atom. The van der Waals surface area contributed by atoms with Gasteiger partial charge in [0.1, 0.15) is 0 Å². The molecular formula is C15H28N2. The number of fused-ring (bicyclic) bond motifs is 2. The highest BCUT2D eigenvalue weighted by Gasteiger charge is 2.40. The smallest absolute Gasteiger partial charge is 0.00509 e. The van der Waals surface area contributed by atoms with E-state index in [9.17, 15) is 0 Å². The van der Waals surface area contributed by atoms with Gasteiger partial charge >= 0.3 is 0 Å². The van der Waals surface area contributed by atoms with Crippen molar-refractivity contribution in [3.05, 3.63) is 0 Å². The molecule has 3 fully saturated rings. The summed E-state index contributed by atoms with van der Waals surface area (Å²) in [5, 5.41) is 0. The van der Waals surface area contributed by atoms with E-state index in [2.05, 4.69) is 11.8 Å². The maximum atomic E-state index is 6.07. The van der Waals surface area contributed by atoms with E-state index in [1.807, 2.05) is 0 Å². The Morgan fingerprint density at radius 1 is 1.24 bits per heavy atom. The lowest BCUT2D eigenvalue weighted by Gasteiger charge is -2.37. The van der Waals surface area contributed by atoms with Crippen LogP contribution in [0.5, 0.6) is 0 Å². The van der Waals surface area contributed by atoms with Crippen LogP contribution in [-0.2, 0) is 0 Å². The zero-order valence-corrected chi connectivity index (χ0v) is 11.3. The second-order valence-corrected chi connectivity index (χ2v) is 6.96. The molecule has 1 saturated heterocycles. The van der Waals surface area contributed by atoms with Gasteiger partial charge in [-0.2, -0.15) is 0 Å². The van der Waals surface area contributed by atoms with Gasteiger partial charge in [-0.25, -0.2) is 0 Å². The molecule has 0 amide bonds. The summed E-state index contributed by atoms with van der Waals surface area (Å²) in [5.41, 5.74) is 6.07. The third-order valence-corrected chi connectivity index (χ3v) is 5.66. The minimum absolute atomic E-state index is 0.387. The van der Waals surface area contributed by atoms with Crippen LogP contribution in [0.15, 0.2) is 0 Å². The van der Waals surface area contributed by atoms with Gasteiger partial charge in [0.2, 0.25) is 0 Å².